The number of ether oxygens (including phenoxy) is 1. The molecular weight excluding hydrogens is 248 g/mol. The summed E-state index contributed by atoms with van der Waals surface area (Å²) in [6.45, 7) is 5.80. The second-order valence-corrected chi connectivity index (χ2v) is 5.09. The molecule has 0 spiro atoms. The van der Waals surface area contributed by atoms with Crippen molar-refractivity contribution in [1.82, 2.24) is 0 Å². The van der Waals surface area contributed by atoms with E-state index in [2.05, 4.69) is 5.32 Å². The van der Waals surface area contributed by atoms with Gasteiger partial charge in [0.1, 0.15) is 12.3 Å². The minimum atomic E-state index is -0.543. The number of anilines is 1. The molecule has 0 amide bonds. The topological polar surface area (TPSA) is 81.5 Å². The van der Waals surface area contributed by atoms with Gasteiger partial charge in [-0.2, -0.15) is 0 Å². The fourth-order valence-corrected chi connectivity index (χ4v) is 1.33. The lowest BCUT2D eigenvalue weighted by Gasteiger charge is -2.16. The number of carbonyl (C=O) groups is 1. The van der Waals surface area contributed by atoms with Gasteiger partial charge in [0.05, 0.1) is 10.3 Å². The summed E-state index contributed by atoms with van der Waals surface area (Å²) >= 11 is 0. The van der Waals surface area contributed by atoms with Crippen LogP contribution in [-0.4, -0.2) is 24.0 Å². The number of para-hydroxylation sites is 2. The van der Waals surface area contributed by atoms with Gasteiger partial charge in [-0.15, -0.1) is 0 Å². The predicted octanol–water partition coefficient (Wildman–Crippen LogP) is 2.60. The van der Waals surface area contributed by atoms with E-state index in [1.54, 1.807) is 39.0 Å². The second kappa shape index (κ2) is 6.17. The van der Waals surface area contributed by atoms with Crippen molar-refractivity contribution in [2.75, 3.05) is 18.5 Å². The fraction of sp³-hybridized carbons (Fsp3) is 0.462. The van der Waals surface area contributed by atoms with E-state index in [1.165, 1.54) is 6.07 Å². The van der Waals surface area contributed by atoms with Crippen LogP contribution in [0.5, 0.6) is 0 Å². The van der Waals surface area contributed by atoms with Gasteiger partial charge in [0, 0.05) is 12.6 Å². The number of hydrogen-bond donors (Lipinski definition) is 1. The van der Waals surface area contributed by atoms with Crippen molar-refractivity contribution in [2.24, 2.45) is 5.41 Å². The Labute approximate surface area is 111 Å². The maximum Gasteiger partial charge on any atom is 0.311 e. The molecule has 0 fully saturated rings. The number of nitrogens with zero attached hydrogens (tertiary/aromatic N) is 1. The summed E-state index contributed by atoms with van der Waals surface area (Å²) in [5.74, 6) is -0.295. The van der Waals surface area contributed by atoms with Crippen LogP contribution in [0.1, 0.15) is 20.8 Å². The molecule has 0 saturated carbocycles. The van der Waals surface area contributed by atoms with Crippen molar-refractivity contribution in [2.45, 2.75) is 20.8 Å². The number of carbonyl (C=O) groups excluding carboxylic acids is 1. The van der Waals surface area contributed by atoms with E-state index >= 15 is 0 Å². The van der Waals surface area contributed by atoms with Gasteiger partial charge in [0.25, 0.3) is 5.69 Å². The highest BCUT2D eigenvalue weighted by atomic mass is 16.6. The van der Waals surface area contributed by atoms with Gasteiger partial charge in [-0.1, -0.05) is 12.1 Å². The molecule has 104 valence electrons. The Balaban J connectivity index is 2.46. The average molecular weight is 266 g/mol. The lowest BCUT2D eigenvalue weighted by molar-refractivity contribution is -0.384. The Hall–Kier alpha value is -2.11. The molecular formula is C13H18N2O4. The summed E-state index contributed by atoms with van der Waals surface area (Å²) in [6, 6.07) is 6.34. The van der Waals surface area contributed by atoms with E-state index in [9.17, 15) is 14.9 Å². The molecule has 0 aliphatic heterocycles. The molecule has 0 heterocycles. The molecule has 1 rings (SSSR count). The number of benzene rings is 1. The first-order valence-corrected chi connectivity index (χ1v) is 5.97. The van der Waals surface area contributed by atoms with E-state index in [-0.39, 0.29) is 18.3 Å². The standard InChI is InChI=1S/C13H18N2O4/c1-13(2,3)12(16)19-9-8-14-10-6-4-5-7-11(10)15(17)18/h4-7,14H,8-9H2,1-3H3. The zero-order valence-electron chi connectivity index (χ0n) is 11.3. The third-order valence-corrected chi connectivity index (χ3v) is 2.36. The summed E-state index contributed by atoms with van der Waals surface area (Å²) < 4.78 is 5.06. The highest BCUT2D eigenvalue weighted by molar-refractivity contribution is 5.75. The third-order valence-electron chi connectivity index (χ3n) is 2.36. The molecule has 19 heavy (non-hydrogen) atoms. The molecule has 0 unspecified atom stereocenters. The summed E-state index contributed by atoms with van der Waals surface area (Å²) in [4.78, 5) is 21.8. The van der Waals surface area contributed by atoms with Crippen LogP contribution in [0.4, 0.5) is 11.4 Å². The number of hydrogen-bond acceptors (Lipinski definition) is 5. The largest absolute Gasteiger partial charge is 0.463 e. The summed E-state index contributed by atoms with van der Waals surface area (Å²) in [6.07, 6.45) is 0. The maximum absolute atomic E-state index is 11.5. The first kappa shape index (κ1) is 14.9. The molecule has 0 saturated heterocycles. The van der Waals surface area contributed by atoms with Crippen molar-refractivity contribution in [1.29, 1.82) is 0 Å². The van der Waals surface area contributed by atoms with Gasteiger partial charge in [-0.3, -0.25) is 14.9 Å². The molecule has 6 heteroatoms. The van der Waals surface area contributed by atoms with E-state index in [0.717, 1.165) is 0 Å². The predicted molar refractivity (Wildman–Crippen MR) is 72.0 cm³/mol. The summed E-state index contributed by atoms with van der Waals surface area (Å²) in [7, 11) is 0. The van der Waals surface area contributed by atoms with Crippen LogP contribution in [-0.2, 0) is 9.53 Å². The summed E-state index contributed by atoms with van der Waals surface area (Å²) in [5, 5.41) is 13.7. The molecule has 1 N–H and O–H groups in total. The van der Waals surface area contributed by atoms with Crippen LogP contribution in [0, 0.1) is 15.5 Å². The van der Waals surface area contributed by atoms with Crippen molar-refractivity contribution >= 4 is 17.3 Å². The molecule has 0 aliphatic carbocycles. The van der Waals surface area contributed by atoms with E-state index in [1.807, 2.05) is 0 Å². The quantitative estimate of drug-likeness (QED) is 0.383. The minimum absolute atomic E-state index is 0.00430. The van der Waals surface area contributed by atoms with Crippen LogP contribution in [0.2, 0.25) is 0 Å². The normalized spacial score (nSPS) is 10.9. The fourth-order valence-electron chi connectivity index (χ4n) is 1.33. The molecule has 1 aromatic rings. The highest BCUT2D eigenvalue weighted by Gasteiger charge is 2.22. The molecule has 0 aromatic heterocycles. The maximum atomic E-state index is 11.5. The molecule has 0 radical (unpaired) electrons. The Morgan fingerprint density at radius 2 is 2.00 bits per heavy atom. The first-order chi connectivity index (χ1) is 8.82. The van der Waals surface area contributed by atoms with Gasteiger partial charge in [0.15, 0.2) is 0 Å². The van der Waals surface area contributed by atoms with Crippen molar-refractivity contribution in [3.05, 3.63) is 34.4 Å². The van der Waals surface area contributed by atoms with Crippen LogP contribution >= 0.6 is 0 Å². The molecule has 6 nitrogen and oxygen atoms in total. The SMILES string of the molecule is CC(C)(C)C(=O)OCCNc1ccccc1[N+](=O)[O-]. The lowest BCUT2D eigenvalue weighted by Crippen LogP contribution is -2.25. The van der Waals surface area contributed by atoms with E-state index in [0.29, 0.717) is 12.2 Å². The monoisotopic (exact) mass is 266 g/mol. The van der Waals surface area contributed by atoms with Crippen molar-refractivity contribution in [3.63, 3.8) is 0 Å². The molecule has 0 bridgehead atoms. The van der Waals surface area contributed by atoms with Crippen LogP contribution in [0.3, 0.4) is 0 Å². The van der Waals surface area contributed by atoms with Gasteiger partial charge >= 0.3 is 5.97 Å². The summed E-state index contributed by atoms with van der Waals surface area (Å²) in [5.41, 5.74) is -0.123. The van der Waals surface area contributed by atoms with E-state index < -0.39 is 10.3 Å². The van der Waals surface area contributed by atoms with Crippen molar-refractivity contribution in [3.8, 4) is 0 Å². The van der Waals surface area contributed by atoms with Gasteiger partial charge in [-0.05, 0) is 26.8 Å². The van der Waals surface area contributed by atoms with E-state index in [4.69, 9.17) is 4.74 Å². The third kappa shape index (κ3) is 4.57. The van der Waals surface area contributed by atoms with Gasteiger partial charge < -0.3 is 10.1 Å². The molecule has 0 aliphatic rings. The van der Waals surface area contributed by atoms with Crippen molar-refractivity contribution < 1.29 is 14.5 Å². The number of nitrogens with one attached hydrogen (secondary N) is 1. The molecule has 1 aromatic carbocycles. The zero-order chi connectivity index (χ0) is 14.5. The lowest BCUT2D eigenvalue weighted by atomic mass is 9.97. The second-order valence-electron chi connectivity index (χ2n) is 5.09. The molecule has 0 atom stereocenters. The highest BCUT2D eigenvalue weighted by Crippen LogP contribution is 2.22. The smallest absolute Gasteiger partial charge is 0.311 e. The van der Waals surface area contributed by atoms with Gasteiger partial charge in [-0.25, -0.2) is 0 Å². The Morgan fingerprint density at radius 3 is 2.58 bits per heavy atom. The average Bonchev–Trinajstić information content (AvgIpc) is 2.33. The number of rotatable bonds is 5. The first-order valence-electron chi connectivity index (χ1n) is 5.97. The Morgan fingerprint density at radius 1 is 1.37 bits per heavy atom. The zero-order valence-corrected chi connectivity index (χ0v) is 11.3. The Bertz CT molecular complexity index is 466. The number of esters is 1. The minimum Gasteiger partial charge on any atom is -0.463 e. The number of nitro groups is 1. The van der Waals surface area contributed by atoms with Gasteiger partial charge in [0.2, 0.25) is 0 Å². The van der Waals surface area contributed by atoms with Crippen LogP contribution in [0.25, 0.3) is 0 Å². The Kier molecular flexibility index (Phi) is 4.86. The van der Waals surface area contributed by atoms with Crippen LogP contribution in [0.15, 0.2) is 24.3 Å². The van der Waals surface area contributed by atoms with Crippen LogP contribution < -0.4 is 5.32 Å². The number of nitro benzene ring substituents is 1.